The van der Waals surface area contributed by atoms with Gasteiger partial charge in [-0.15, -0.1) is 0 Å². The van der Waals surface area contributed by atoms with Gasteiger partial charge in [0, 0.05) is 13.1 Å². The summed E-state index contributed by atoms with van der Waals surface area (Å²) in [6.45, 7) is 4.87. The van der Waals surface area contributed by atoms with Gasteiger partial charge >= 0.3 is 5.97 Å². The third kappa shape index (κ3) is 3.53. The number of hydrogen-bond donors (Lipinski definition) is 1. The van der Waals surface area contributed by atoms with E-state index >= 15 is 0 Å². The number of nitrogens with zero attached hydrogens (tertiary/aromatic N) is 1. The van der Waals surface area contributed by atoms with Crippen molar-refractivity contribution in [1.82, 2.24) is 4.90 Å². The van der Waals surface area contributed by atoms with E-state index in [4.69, 9.17) is 5.11 Å². The van der Waals surface area contributed by atoms with Crippen LogP contribution in [0.1, 0.15) is 33.1 Å². The molecule has 0 aliphatic heterocycles. The molecule has 0 aromatic heterocycles. The lowest BCUT2D eigenvalue weighted by Gasteiger charge is -2.23. The highest BCUT2D eigenvalue weighted by atomic mass is 16.4. The summed E-state index contributed by atoms with van der Waals surface area (Å²) < 4.78 is 0. The first-order valence-corrected chi connectivity index (χ1v) is 5.57. The normalized spacial score (nSPS) is 17.2. The van der Waals surface area contributed by atoms with Crippen molar-refractivity contribution < 1.29 is 14.7 Å². The van der Waals surface area contributed by atoms with Gasteiger partial charge in [-0.05, 0) is 32.1 Å². The van der Waals surface area contributed by atoms with Crippen LogP contribution >= 0.6 is 0 Å². The Morgan fingerprint density at radius 1 is 1.47 bits per heavy atom. The summed E-state index contributed by atoms with van der Waals surface area (Å²) in [4.78, 5) is 24.2. The van der Waals surface area contributed by atoms with E-state index in [1.165, 1.54) is 19.8 Å². The second-order valence-corrected chi connectivity index (χ2v) is 4.29. The van der Waals surface area contributed by atoms with E-state index in [0.29, 0.717) is 12.5 Å². The Balaban J connectivity index is 2.52. The molecule has 1 unspecified atom stereocenters. The molecule has 86 valence electrons. The Kier molecular flexibility index (Phi) is 4.12. The molecule has 0 aromatic carbocycles. The van der Waals surface area contributed by atoms with Gasteiger partial charge in [0.15, 0.2) is 0 Å². The average molecular weight is 213 g/mol. The van der Waals surface area contributed by atoms with Crippen LogP contribution in [0.2, 0.25) is 0 Å². The highest BCUT2D eigenvalue weighted by molar-refractivity contribution is 5.96. The van der Waals surface area contributed by atoms with Gasteiger partial charge in [0.1, 0.15) is 5.92 Å². The molecule has 0 saturated heterocycles. The minimum Gasteiger partial charge on any atom is -0.481 e. The SMILES string of the molecule is CCCN(CC1CC1)C(=O)C(C)C(=O)O. The van der Waals surface area contributed by atoms with Crippen LogP contribution in [0.25, 0.3) is 0 Å². The van der Waals surface area contributed by atoms with Crippen molar-refractivity contribution >= 4 is 11.9 Å². The number of carbonyl (C=O) groups is 2. The van der Waals surface area contributed by atoms with Crippen LogP contribution < -0.4 is 0 Å². The summed E-state index contributed by atoms with van der Waals surface area (Å²) in [7, 11) is 0. The summed E-state index contributed by atoms with van der Waals surface area (Å²) in [6, 6.07) is 0. The van der Waals surface area contributed by atoms with Gasteiger partial charge in [-0.2, -0.15) is 0 Å². The predicted molar refractivity (Wildman–Crippen MR) is 56.4 cm³/mol. The van der Waals surface area contributed by atoms with E-state index < -0.39 is 11.9 Å². The molecule has 1 atom stereocenters. The summed E-state index contributed by atoms with van der Waals surface area (Å²) in [5, 5.41) is 8.77. The van der Waals surface area contributed by atoms with Crippen LogP contribution in [-0.4, -0.2) is 35.0 Å². The van der Waals surface area contributed by atoms with Gasteiger partial charge in [0.25, 0.3) is 0 Å². The summed E-state index contributed by atoms with van der Waals surface area (Å²) in [5.41, 5.74) is 0. The maximum atomic E-state index is 11.8. The topological polar surface area (TPSA) is 57.6 Å². The van der Waals surface area contributed by atoms with E-state index in [2.05, 4.69) is 0 Å². The van der Waals surface area contributed by atoms with Crippen LogP contribution in [0.5, 0.6) is 0 Å². The maximum Gasteiger partial charge on any atom is 0.315 e. The summed E-state index contributed by atoms with van der Waals surface area (Å²) in [6.07, 6.45) is 3.23. The van der Waals surface area contributed by atoms with E-state index in [-0.39, 0.29) is 5.91 Å². The van der Waals surface area contributed by atoms with Crippen molar-refractivity contribution in [2.45, 2.75) is 33.1 Å². The first-order chi connectivity index (χ1) is 7.06. The molecular weight excluding hydrogens is 194 g/mol. The average Bonchev–Trinajstić information content (AvgIpc) is 2.98. The molecule has 0 aromatic rings. The van der Waals surface area contributed by atoms with Gasteiger partial charge in [0.2, 0.25) is 5.91 Å². The van der Waals surface area contributed by atoms with Crippen molar-refractivity contribution in [3.05, 3.63) is 0 Å². The van der Waals surface area contributed by atoms with Gasteiger partial charge < -0.3 is 10.0 Å². The predicted octanol–water partition coefficient (Wildman–Crippen LogP) is 1.36. The Bertz CT molecular complexity index is 248. The summed E-state index contributed by atoms with van der Waals surface area (Å²) in [5.74, 6) is -1.56. The second-order valence-electron chi connectivity index (χ2n) is 4.29. The van der Waals surface area contributed by atoms with E-state index in [0.717, 1.165) is 13.0 Å². The third-order valence-electron chi connectivity index (χ3n) is 2.72. The van der Waals surface area contributed by atoms with Crippen molar-refractivity contribution in [3.63, 3.8) is 0 Å². The van der Waals surface area contributed by atoms with Gasteiger partial charge in [-0.1, -0.05) is 6.92 Å². The van der Waals surface area contributed by atoms with Gasteiger partial charge in [0.05, 0.1) is 0 Å². The standard InChI is InChI=1S/C11H19NO3/c1-3-6-12(7-9-4-5-9)10(13)8(2)11(14)15/h8-9H,3-7H2,1-2H3,(H,14,15). The molecule has 4 nitrogen and oxygen atoms in total. The van der Waals surface area contributed by atoms with Crippen molar-refractivity contribution in [2.24, 2.45) is 11.8 Å². The molecule has 1 aliphatic carbocycles. The van der Waals surface area contributed by atoms with Gasteiger partial charge in [-0.25, -0.2) is 0 Å². The molecule has 1 fully saturated rings. The minimum absolute atomic E-state index is 0.240. The van der Waals surface area contributed by atoms with Crippen molar-refractivity contribution in [3.8, 4) is 0 Å². The highest BCUT2D eigenvalue weighted by Gasteiger charge is 2.30. The van der Waals surface area contributed by atoms with Gasteiger partial charge in [-0.3, -0.25) is 9.59 Å². The zero-order valence-electron chi connectivity index (χ0n) is 9.40. The van der Waals surface area contributed by atoms with Crippen LogP contribution in [0.3, 0.4) is 0 Å². The van der Waals surface area contributed by atoms with E-state index in [1.807, 2.05) is 6.92 Å². The Labute approximate surface area is 90.3 Å². The van der Waals surface area contributed by atoms with Crippen LogP contribution in [0.15, 0.2) is 0 Å². The highest BCUT2D eigenvalue weighted by Crippen LogP contribution is 2.30. The number of carboxylic acid groups (broad SMARTS) is 1. The van der Waals surface area contributed by atoms with Crippen LogP contribution in [0.4, 0.5) is 0 Å². The zero-order valence-corrected chi connectivity index (χ0v) is 9.40. The monoisotopic (exact) mass is 213 g/mol. The molecule has 1 N–H and O–H groups in total. The number of carboxylic acids is 1. The van der Waals surface area contributed by atoms with Crippen LogP contribution in [-0.2, 0) is 9.59 Å². The fourth-order valence-corrected chi connectivity index (χ4v) is 1.55. The molecule has 1 saturated carbocycles. The first kappa shape index (κ1) is 12.0. The number of rotatable bonds is 6. The molecule has 0 heterocycles. The van der Waals surface area contributed by atoms with E-state index in [1.54, 1.807) is 4.90 Å². The fraction of sp³-hybridized carbons (Fsp3) is 0.818. The minimum atomic E-state index is -1.03. The molecule has 1 aliphatic rings. The molecule has 0 spiro atoms. The molecule has 15 heavy (non-hydrogen) atoms. The first-order valence-electron chi connectivity index (χ1n) is 5.57. The smallest absolute Gasteiger partial charge is 0.315 e. The van der Waals surface area contributed by atoms with Crippen LogP contribution in [0, 0.1) is 11.8 Å². The third-order valence-corrected chi connectivity index (χ3v) is 2.72. The molecule has 0 radical (unpaired) electrons. The number of amides is 1. The Hall–Kier alpha value is -1.06. The molecule has 4 heteroatoms. The Morgan fingerprint density at radius 3 is 2.47 bits per heavy atom. The molecule has 1 amide bonds. The largest absolute Gasteiger partial charge is 0.481 e. The number of hydrogen-bond acceptors (Lipinski definition) is 2. The fourth-order valence-electron chi connectivity index (χ4n) is 1.55. The molecule has 0 bridgehead atoms. The Morgan fingerprint density at radius 2 is 2.07 bits per heavy atom. The zero-order chi connectivity index (χ0) is 11.4. The maximum absolute atomic E-state index is 11.8. The lowest BCUT2D eigenvalue weighted by molar-refractivity contribution is -0.150. The van der Waals surface area contributed by atoms with Crippen molar-refractivity contribution in [1.29, 1.82) is 0 Å². The number of aliphatic carboxylic acids is 1. The quantitative estimate of drug-likeness (QED) is 0.678. The van der Waals surface area contributed by atoms with Crippen molar-refractivity contribution in [2.75, 3.05) is 13.1 Å². The molecule has 1 rings (SSSR count). The number of carbonyl (C=O) groups excluding carboxylic acids is 1. The second kappa shape index (κ2) is 5.14. The summed E-state index contributed by atoms with van der Waals surface area (Å²) >= 11 is 0. The molecular formula is C11H19NO3. The lowest BCUT2D eigenvalue weighted by Crippen LogP contribution is -2.39. The lowest BCUT2D eigenvalue weighted by atomic mass is 10.1. The van der Waals surface area contributed by atoms with E-state index in [9.17, 15) is 9.59 Å².